The number of aromatic hydroxyl groups is 1. The van der Waals surface area contributed by atoms with Crippen molar-refractivity contribution in [1.82, 2.24) is 0 Å². The Balaban J connectivity index is 1.56. The van der Waals surface area contributed by atoms with Crippen LogP contribution in [0.3, 0.4) is 0 Å². The Bertz CT molecular complexity index is 1210. The first-order valence-corrected chi connectivity index (χ1v) is 9.72. The zero-order valence-electron chi connectivity index (χ0n) is 16.6. The lowest BCUT2D eigenvalue weighted by atomic mass is 10.1. The molecule has 0 fully saturated rings. The molecule has 4 aromatic carbocycles. The molecule has 0 aliphatic heterocycles. The van der Waals surface area contributed by atoms with Crippen molar-refractivity contribution in [2.24, 2.45) is 15.2 Å². The minimum atomic E-state index is 0.138. The summed E-state index contributed by atoms with van der Waals surface area (Å²) in [5, 5.41) is 20.9. The fraction of sp³-hybridized carbons (Fsp3) is 0.0800. The lowest BCUT2D eigenvalue weighted by molar-refractivity contribution is 0.340. The average Bonchev–Trinajstić information content (AvgIpc) is 2.79. The maximum absolute atomic E-state index is 10.2. The molecule has 4 rings (SSSR count). The number of hydrogen-bond acceptors (Lipinski definition) is 5. The SMILES string of the molecule is CCOc1ccc(N=Nc2ccc(O)c(C=Nc3cccc4ccccc34)c2)cc1. The Morgan fingerprint density at radius 2 is 1.57 bits per heavy atom. The molecule has 4 aromatic rings. The van der Waals surface area contributed by atoms with Crippen LogP contribution < -0.4 is 4.74 Å². The van der Waals surface area contributed by atoms with Crippen molar-refractivity contribution < 1.29 is 9.84 Å². The molecule has 0 radical (unpaired) electrons. The Morgan fingerprint density at radius 1 is 0.833 bits per heavy atom. The van der Waals surface area contributed by atoms with Crippen molar-refractivity contribution in [3.63, 3.8) is 0 Å². The van der Waals surface area contributed by atoms with E-state index in [4.69, 9.17) is 4.74 Å². The number of fused-ring (bicyclic) bond motifs is 1. The van der Waals surface area contributed by atoms with Gasteiger partial charge in [0.05, 0.1) is 23.7 Å². The van der Waals surface area contributed by atoms with Gasteiger partial charge < -0.3 is 9.84 Å². The van der Waals surface area contributed by atoms with Gasteiger partial charge in [-0.1, -0.05) is 36.4 Å². The number of benzene rings is 4. The van der Waals surface area contributed by atoms with Gasteiger partial charge in [0, 0.05) is 17.2 Å². The number of aliphatic imine (C=N–C) groups is 1. The first-order chi connectivity index (χ1) is 14.7. The maximum atomic E-state index is 10.2. The van der Waals surface area contributed by atoms with Crippen LogP contribution in [0.2, 0.25) is 0 Å². The van der Waals surface area contributed by atoms with Crippen molar-refractivity contribution >= 4 is 34.0 Å². The summed E-state index contributed by atoms with van der Waals surface area (Å²) in [6.45, 7) is 2.57. The topological polar surface area (TPSA) is 66.5 Å². The summed E-state index contributed by atoms with van der Waals surface area (Å²) in [6, 6.07) is 26.5. The van der Waals surface area contributed by atoms with Crippen LogP contribution in [0, 0.1) is 0 Å². The minimum Gasteiger partial charge on any atom is -0.507 e. The Hall–Kier alpha value is -3.99. The van der Waals surface area contributed by atoms with Crippen LogP contribution in [0.15, 0.2) is 100 Å². The number of nitrogens with zero attached hydrogens (tertiary/aromatic N) is 3. The molecule has 148 valence electrons. The summed E-state index contributed by atoms with van der Waals surface area (Å²) in [6.07, 6.45) is 1.65. The molecular weight excluding hydrogens is 374 g/mol. The number of hydrogen-bond donors (Lipinski definition) is 1. The molecule has 0 heterocycles. The van der Waals surface area contributed by atoms with E-state index < -0.39 is 0 Å². The fourth-order valence-electron chi connectivity index (χ4n) is 3.06. The van der Waals surface area contributed by atoms with Crippen LogP contribution in [0.25, 0.3) is 10.8 Å². The smallest absolute Gasteiger partial charge is 0.124 e. The van der Waals surface area contributed by atoms with Gasteiger partial charge in [0.1, 0.15) is 11.5 Å². The maximum Gasteiger partial charge on any atom is 0.124 e. The predicted molar refractivity (Wildman–Crippen MR) is 121 cm³/mol. The molecule has 0 aromatic heterocycles. The standard InChI is InChI=1S/C25H21N3O2/c1-2-30-22-13-10-20(11-14-22)27-28-21-12-15-25(29)19(16-21)17-26-24-9-5-7-18-6-3-4-8-23(18)24/h3-17,29H,2H2,1H3. The quantitative estimate of drug-likeness (QED) is 0.279. The lowest BCUT2D eigenvalue weighted by Crippen LogP contribution is -1.89. The van der Waals surface area contributed by atoms with Gasteiger partial charge in [-0.25, -0.2) is 0 Å². The molecule has 0 saturated carbocycles. The molecule has 0 amide bonds. The minimum absolute atomic E-state index is 0.138. The molecule has 0 aliphatic rings. The highest BCUT2D eigenvalue weighted by atomic mass is 16.5. The summed E-state index contributed by atoms with van der Waals surface area (Å²) in [5.41, 5.74) is 2.76. The van der Waals surface area contributed by atoms with Crippen LogP contribution in [0.5, 0.6) is 11.5 Å². The summed E-state index contributed by atoms with van der Waals surface area (Å²) in [5.74, 6) is 0.937. The van der Waals surface area contributed by atoms with Crippen LogP contribution in [-0.2, 0) is 0 Å². The molecule has 5 heteroatoms. The molecular formula is C25H21N3O2. The number of phenolic OH excluding ortho intramolecular Hbond substituents is 1. The highest BCUT2D eigenvalue weighted by molar-refractivity contribution is 5.96. The van der Waals surface area contributed by atoms with Gasteiger partial charge in [0.2, 0.25) is 0 Å². The number of rotatable bonds is 6. The van der Waals surface area contributed by atoms with Gasteiger partial charge in [0.15, 0.2) is 0 Å². The third kappa shape index (κ3) is 4.52. The monoisotopic (exact) mass is 395 g/mol. The molecule has 5 nitrogen and oxygen atoms in total. The third-order valence-corrected chi connectivity index (χ3v) is 4.55. The van der Waals surface area contributed by atoms with Gasteiger partial charge in [-0.3, -0.25) is 4.99 Å². The normalized spacial score (nSPS) is 11.5. The van der Waals surface area contributed by atoms with E-state index in [0.717, 1.165) is 27.9 Å². The second kappa shape index (κ2) is 9.01. The van der Waals surface area contributed by atoms with Gasteiger partial charge in [-0.05, 0) is 60.8 Å². The molecule has 0 unspecified atom stereocenters. The van der Waals surface area contributed by atoms with Crippen LogP contribution in [0.1, 0.15) is 12.5 Å². The van der Waals surface area contributed by atoms with E-state index in [1.165, 1.54) is 0 Å². The molecule has 0 aliphatic carbocycles. The fourth-order valence-corrected chi connectivity index (χ4v) is 3.06. The molecule has 0 spiro atoms. The van der Waals surface area contributed by atoms with E-state index in [2.05, 4.69) is 15.2 Å². The summed E-state index contributed by atoms with van der Waals surface area (Å²) < 4.78 is 5.43. The molecule has 1 N–H and O–H groups in total. The van der Waals surface area contributed by atoms with Gasteiger partial charge >= 0.3 is 0 Å². The zero-order chi connectivity index (χ0) is 20.8. The van der Waals surface area contributed by atoms with Crippen molar-refractivity contribution in [2.45, 2.75) is 6.92 Å². The van der Waals surface area contributed by atoms with Crippen LogP contribution >= 0.6 is 0 Å². The number of azo groups is 1. The van der Waals surface area contributed by atoms with Gasteiger partial charge in [0.25, 0.3) is 0 Å². The molecule has 0 bridgehead atoms. The van der Waals surface area contributed by atoms with Crippen molar-refractivity contribution in [2.75, 3.05) is 6.61 Å². The first kappa shape index (κ1) is 19.3. The van der Waals surface area contributed by atoms with E-state index in [1.54, 1.807) is 24.4 Å². The summed E-state index contributed by atoms with van der Waals surface area (Å²) in [4.78, 5) is 4.58. The van der Waals surface area contributed by atoms with Crippen LogP contribution in [-0.4, -0.2) is 17.9 Å². The summed E-state index contributed by atoms with van der Waals surface area (Å²) >= 11 is 0. The second-order valence-electron chi connectivity index (χ2n) is 6.63. The zero-order valence-corrected chi connectivity index (χ0v) is 16.6. The highest BCUT2D eigenvalue weighted by Gasteiger charge is 2.02. The van der Waals surface area contributed by atoms with E-state index in [1.807, 2.05) is 73.7 Å². The molecule has 30 heavy (non-hydrogen) atoms. The van der Waals surface area contributed by atoms with E-state index in [9.17, 15) is 5.11 Å². The van der Waals surface area contributed by atoms with Crippen molar-refractivity contribution in [3.8, 4) is 11.5 Å². The highest BCUT2D eigenvalue weighted by Crippen LogP contribution is 2.28. The van der Waals surface area contributed by atoms with E-state index >= 15 is 0 Å². The van der Waals surface area contributed by atoms with Gasteiger partial charge in [-0.2, -0.15) is 10.2 Å². The summed E-state index contributed by atoms with van der Waals surface area (Å²) in [7, 11) is 0. The molecule has 0 saturated heterocycles. The number of ether oxygens (including phenoxy) is 1. The van der Waals surface area contributed by atoms with Gasteiger partial charge in [-0.15, -0.1) is 0 Å². The van der Waals surface area contributed by atoms with E-state index in [0.29, 0.717) is 17.9 Å². The Morgan fingerprint density at radius 3 is 2.40 bits per heavy atom. The lowest BCUT2D eigenvalue weighted by Gasteiger charge is -2.03. The second-order valence-corrected chi connectivity index (χ2v) is 6.63. The largest absolute Gasteiger partial charge is 0.507 e. The molecule has 0 atom stereocenters. The van der Waals surface area contributed by atoms with E-state index in [-0.39, 0.29) is 5.75 Å². The third-order valence-electron chi connectivity index (χ3n) is 4.55. The van der Waals surface area contributed by atoms with Crippen molar-refractivity contribution in [3.05, 3.63) is 90.5 Å². The number of phenols is 1. The van der Waals surface area contributed by atoms with Crippen molar-refractivity contribution in [1.29, 1.82) is 0 Å². The Kier molecular flexibility index (Phi) is 5.80. The first-order valence-electron chi connectivity index (χ1n) is 9.72. The Labute approximate surface area is 175 Å². The van der Waals surface area contributed by atoms with Crippen LogP contribution in [0.4, 0.5) is 17.1 Å². The average molecular weight is 395 g/mol. The predicted octanol–water partition coefficient (Wildman–Crippen LogP) is 7.11.